The van der Waals surface area contributed by atoms with E-state index in [4.69, 9.17) is 0 Å². The van der Waals surface area contributed by atoms with Gasteiger partial charge >= 0.3 is 0 Å². The number of aryl methyl sites for hydroxylation is 1. The van der Waals surface area contributed by atoms with Gasteiger partial charge in [-0.2, -0.15) is 0 Å². The van der Waals surface area contributed by atoms with Crippen LogP contribution in [0.1, 0.15) is 36.7 Å². The smallest absolute Gasteiger partial charge is 0.297 e. The van der Waals surface area contributed by atoms with E-state index in [0.717, 1.165) is 5.56 Å². The lowest BCUT2D eigenvalue weighted by Crippen LogP contribution is -2.39. The molecule has 0 bridgehead atoms. The lowest BCUT2D eigenvalue weighted by Gasteiger charge is -2.22. The van der Waals surface area contributed by atoms with Crippen LogP contribution in [0.2, 0.25) is 0 Å². The summed E-state index contributed by atoms with van der Waals surface area (Å²) in [5, 5.41) is 0. The molecule has 4 nitrogen and oxygen atoms in total. The van der Waals surface area contributed by atoms with E-state index >= 15 is 0 Å². The zero-order valence-corrected chi connectivity index (χ0v) is 11.6. The molecule has 2 rings (SSSR count). The minimum absolute atomic E-state index is 0.0515. The maximum atomic E-state index is 12.0. The van der Waals surface area contributed by atoms with Crippen LogP contribution in [0, 0.1) is 12.3 Å². The zero-order valence-electron chi connectivity index (χ0n) is 11.6. The number of hydrogen-bond acceptors (Lipinski definition) is 3. The van der Waals surface area contributed by atoms with E-state index in [2.05, 4.69) is 0 Å². The van der Waals surface area contributed by atoms with Crippen molar-refractivity contribution in [2.75, 3.05) is 11.4 Å². The molecule has 100 valence electrons. The fourth-order valence-corrected chi connectivity index (χ4v) is 1.95. The lowest BCUT2D eigenvalue weighted by atomic mass is 9.90. The summed E-state index contributed by atoms with van der Waals surface area (Å²) in [5.41, 5.74) is 1.32. The van der Waals surface area contributed by atoms with E-state index in [1.54, 1.807) is 32.9 Å². The number of ketones is 2. The zero-order chi connectivity index (χ0) is 14.4. The van der Waals surface area contributed by atoms with Gasteiger partial charge in [-0.1, -0.05) is 32.4 Å². The first kappa shape index (κ1) is 13.5. The monoisotopic (exact) mass is 259 g/mol. The number of hydrogen-bond donors (Lipinski definition) is 0. The Bertz CT molecular complexity index is 582. The van der Waals surface area contributed by atoms with Crippen LogP contribution in [0.15, 0.2) is 18.2 Å². The number of anilines is 1. The molecule has 0 unspecified atom stereocenters. The summed E-state index contributed by atoms with van der Waals surface area (Å²) in [7, 11) is 0. The highest BCUT2D eigenvalue weighted by Crippen LogP contribution is 2.30. The molecule has 0 aromatic heterocycles. The summed E-state index contributed by atoms with van der Waals surface area (Å²) < 4.78 is 0. The number of nitrogens with zero attached hydrogens (tertiary/aromatic N) is 1. The second kappa shape index (κ2) is 4.30. The molecule has 0 radical (unpaired) electrons. The van der Waals surface area contributed by atoms with Crippen molar-refractivity contribution in [1.82, 2.24) is 0 Å². The highest BCUT2D eigenvalue weighted by Gasteiger charge is 2.38. The molecule has 0 saturated carbocycles. The molecule has 0 fully saturated rings. The van der Waals surface area contributed by atoms with E-state index in [-0.39, 0.29) is 12.3 Å². The fourth-order valence-electron chi connectivity index (χ4n) is 1.95. The average Bonchev–Trinajstić information content (AvgIpc) is 2.53. The van der Waals surface area contributed by atoms with Crippen molar-refractivity contribution in [2.45, 2.75) is 27.7 Å². The Kier molecular flexibility index (Phi) is 3.04. The first-order valence-corrected chi connectivity index (χ1v) is 6.22. The van der Waals surface area contributed by atoms with Gasteiger partial charge in [0, 0.05) is 5.41 Å². The van der Waals surface area contributed by atoms with Gasteiger partial charge in [0.05, 0.1) is 17.8 Å². The summed E-state index contributed by atoms with van der Waals surface area (Å²) in [4.78, 5) is 37.2. The average molecular weight is 259 g/mol. The summed E-state index contributed by atoms with van der Waals surface area (Å²) in [6, 6.07) is 5.25. The highest BCUT2D eigenvalue weighted by atomic mass is 16.2. The number of carbonyl (C=O) groups excluding carboxylic acids is 3. The number of Topliss-reactive ketones (excluding diaryl/α,β-unsaturated/α-hetero) is 2. The van der Waals surface area contributed by atoms with Gasteiger partial charge in [-0.25, -0.2) is 0 Å². The minimum atomic E-state index is -0.613. The van der Waals surface area contributed by atoms with E-state index in [9.17, 15) is 14.4 Å². The molecule has 1 aliphatic rings. The van der Waals surface area contributed by atoms with E-state index < -0.39 is 17.1 Å². The Morgan fingerprint density at radius 2 is 1.84 bits per heavy atom. The van der Waals surface area contributed by atoms with Crippen molar-refractivity contribution in [3.05, 3.63) is 29.3 Å². The van der Waals surface area contributed by atoms with Gasteiger partial charge in [-0.15, -0.1) is 0 Å². The Hall–Kier alpha value is -1.97. The molecular weight excluding hydrogens is 242 g/mol. The van der Waals surface area contributed by atoms with E-state index in [1.807, 2.05) is 13.0 Å². The van der Waals surface area contributed by atoms with Crippen molar-refractivity contribution in [1.29, 1.82) is 0 Å². The molecule has 1 aromatic carbocycles. The standard InChI is InChI=1S/C15H17NO3/c1-9-5-6-11-10(7-9)13(18)14(19)16(11)8-12(17)15(2,3)4/h5-7H,8H2,1-4H3. The van der Waals surface area contributed by atoms with Crippen LogP contribution in [-0.4, -0.2) is 24.0 Å². The Labute approximate surface area is 112 Å². The van der Waals surface area contributed by atoms with Crippen molar-refractivity contribution in [3.63, 3.8) is 0 Å². The van der Waals surface area contributed by atoms with Crippen LogP contribution in [0.5, 0.6) is 0 Å². The topological polar surface area (TPSA) is 54.5 Å². The summed E-state index contributed by atoms with van der Waals surface area (Å²) in [5.74, 6) is -1.21. The number of carbonyl (C=O) groups is 3. The van der Waals surface area contributed by atoms with Gasteiger partial charge in [0.25, 0.3) is 11.7 Å². The first-order chi connectivity index (χ1) is 8.71. The quantitative estimate of drug-likeness (QED) is 0.765. The maximum Gasteiger partial charge on any atom is 0.299 e. The Morgan fingerprint density at radius 1 is 1.21 bits per heavy atom. The van der Waals surface area contributed by atoms with Gasteiger partial charge in [-0.05, 0) is 19.1 Å². The number of rotatable bonds is 2. The Morgan fingerprint density at radius 3 is 2.42 bits per heavy atom. The van der Waals surface area contributed by atoms with E-state index in [0.29, 0.717) is 11.3 Å². The second-order valence-electron chi connectivity index (χ2n) is 5.91. The summed E-state index contributed by atoms with van der Waals surface area (Å²) >= 11 is 0. The Balaban J connectivity index is 2.37. The van der Waals surface area contributed by atoms with Crippen LogP contribution in [0.4, 0.5) is 5.69 Å². The normalized spacial score (nSPS) is 14.8. The van der Waals surface area contributed by atoms with Crippen LogP contribution < -0.4 is 4.90 Å². The van der Waals surface area contributed by atoms with Crippen molar-refractivity contribution in [3.8, 4) is 0 Å². The molecular formula is C15H17NO3. The SMILES string of the molecule is Cc1ccc2c(c1)C(=O)C(=O)N2CC(=O)C(C)(C)C. The highest BCUT2D eigenvalue weighted by molar-refractivity contribution is 6.52. The molecule has 0 spiro atoms. The fraction of sp³-hybridized carbons (Fsp3) is 0.400. The number of benzene rings is 1. The van der Waals surface area contributed by atoms with Gasteiger partial charge in [0.15, 0.2) is 5.78 Å². The number of amides is 1. The third-order valence-corrected chi connectivity index (χ3v) is 3.27. The maximum absolute atomic E-state index is 12.0. The first-order valence-electron chi connectivity index (χ1n) is 6.22. The third-order valence-electron chi connectivity index (χ3n) is 3.27. The molecule has 0 N–H and O–H groups in total. The molecule has 1 aliphatic heterocycles. The van der Waals surface area contributed by atoms with Crippen LogP contribution in [-0.2, 0) is 9.59 Å². The van der Waals surface area contributed by atoms with Crippen LogP contribution in [0.3, 0.4) is 0 Å². The minimum Gasteiger partial charge on any atom is -0.297 e. The lowest BCUT2D eigenvalue weighted by molar-refractivity contribution is -0.126. The molecule has 0 atom stereocenters. The predicted octanol–water partition coefficient (Wildman–Crippen LogP) is 2.14. The largest absolute Gasteiger partial charge is 0.299 e. The third kappa shape index (κ3) is 2.30. The second-order valence-corrected chi connectivity index (χ2v) is 5.91. The predicted molar refractivity (Wildman–Crippen MR) is 72.3 cm³/mol. The van der Waals surface area contributed by atoms with E-state index in [1.165, 1.54) is 4.90 Å². The summed E-state index contributed by atoms with van der Waals surface area (Å²) in [6.07, 6.45) is 0. The molecule has 19 heavy (non-hydrogen) atoms. The molecule has 4 heteroatoms. The van der Waals surface area contributed by atoms with Crippen LogP contribution in [0.25, 0.3) is 0 Å². The number of fused-ring (bicyclic) bond motifs is 1. The van der Waals surface area contributed by atoms with Gasteiger partial charge in [0.1, 0.15) is 0 Å². The molecule has 1 heterocycles. The molecule has 0 aliphatic carbocycles. The molecule has 1 amide bonds. The van der Waals surface area contributed by atoms with Crippen molar-refractivity contribution in [2.24, 2.45) is 5.41 Å². The molecule has 0 saturated heterocycles. The van der Waals surface area contributed by atoms with Gasteiger partial charge in [-0.3, -0.25) is 19.3 Å². The summed E-state index contributed by atoms with van der Waals surface area (Å²) in [6.45, 7) is 7.21. The van der Waals surface area contributed by atoms with Crippen LogP contribution >= 0.6 is 0 Å². The van der Waals surface area contributed by atoms with Gasteiger partial charge < -0.3 is 0 Å². The van der Waals surface area contributed by atoms with Gasteiger partial charge in [0.2, 0.25) is 0 Å². The van der Waals surface area contributed by atoms with Crippen molar-refractivity contribution >= 4 is 23.2 Å². The van der Waals surface area contributed by atoms with Crippen molar-refractivity contribution < 1.29 is 14.4 Å². The molecule has 1 aromatic rings.